The van der Waals surface area contributed by atoms with E-state index in [-0.39, 0.29) is 6.04 Å². The van der Waals surface area contributed by atoms with Gasteiger partial charge in [-0.05, 0) is 53.7 Å². The summed E-state index contributed by atoms with van der Waals surface area (Å²) >= 11 is 12.6. The number of hydrogen-bond donors (Lipinski definition) is 1. The number of methoxy groups -OCH3 is 1. The maximum Gasteiger partial charge on any atom is 0.178 e. The minimum absolute atomic E-state index is 0.346. The zero-order chi connectivity index (χ0) is 18.7. The highest BCUT2D eigenvalue weighted by molar-refractivity contribution is 6.35. The Morgan fingerprint density at radius 3 is 2.73 bits per heavy atom. The van der Waals surface area contributed by atoms with Crippen molar-refractivity contribution in [2.75, 3.05) is 13.7 Å². The van der Waals surface area contributed by atoms with E-state index in [0.29, 0.717) is 28.2 Å². The highest BCUT2D eigenvalue weighted by Gasteiger charge is 2.26. The molecule has 0 spiro atoms. The van der Waals surface area contributed by atoms with Crippen molar-refractivity contribution < 1.29 is 4.74 Å². The van der Waals surface area contributed by atoms with E-state index in [2.05, 4.69) is 20.8 Å². The molecule has 0 radical (unpaired) electrons. The van der Waals surface area contributed by atoms with Crippen molar-refractivity contribution in [3.63, 3.8) is 0 Å². The van der Waals surface area contributed by atoms with Gasteiger partial charge in [-0.3, -0.25) is 0 Å². The Bertz CT molecular complexity index is 912. The first-order chi connectivity index (χ1) is 12.5. The van der Waals surface area contributed by atoms with E-state index in [1.54, 1.807) is 17.9 Å². The fourth-order valence-electron chi connectivity index (χ4n) is 2.87. The van der Waals surface area contributed by atoms with Crippen LogP contribution < -0.4 is 10.1 Å². The van der Waals surface area contributed by atoms with E-state index in [1.807, 2.05) is 44.2 Å². The number of hydrogen-bond acceptors (Lipinski definition) is 5. The molecule has 0 aliphatic heterocycles. The first-order valence-electron chi connectivity index (χ1n) is 8.16. The third kappa shape index (κ3) is 3.67. The van der Waals surface area contributed by atoms with Gasteiger partial charge in [0.25, 0.3) is 0 Å². The fraction of sp³-hybridized carbons (Fsp3) is 0.278. The molecule has 0 saturated carbocycles. The van der Waals surface area contributed by atoms with Gasteiger partial charge in [0.15, 0.2) is 5.82 Å². The van der Waals surface area contributed by atoms with Crippen LogP contribution in [-0.4, -0.2) is 33.9 Å². The summed E-state index contributed by atoms with van der Waals surface area (Å²) in [7, 11) is 1.57. The van der Waals surface area contributed by atoms with Crippen molar-refractivity contribution in [3.8, 4) is 11.4 Å². The van der Waals surface area contributed by atoms with Crippen LogP contribution in [0.4, 0.5) is 0 Å². The lowest BCUT2D eigenvalue weighted by Gasteiger charge is -2.21. The standard InChI is InChI=1S/C18H19Cl2N5O/c1-4-21-16(14-9-12(19)10-15(20)17(14)26-3)18-22-23-24-25(18)13-7-5-6-11(2)8-13/h5-10,16,21H,4H2,1-3H3/t16-/m0/s1. The van der Waals surface area contributed by atoms with Gasteiger partial charge < -0.3 is 10.1 Å². The van der Waals surface area contributed by atoms with Gasteiger partial charge in [-0.2, -0.15) is 4.68 Å². The molecule has 1 N–H and O–H groups in total. The molecule has 0 amide bonds. The quantitative estimate of drug-likeness (QED) is 0.687. The molecule has 1 aromatic heterocycles. The second-order valence-electron chi connectivity index (χ2n) is 5.79. The Labute approximate surface area is 162 Å². The van der Waals surface area contributed by atoms with E-state index < -0.39 is 0 Å². The minimum atomic E-state index is -0.346. The van der Waals surface area contributed by atoms with Crippen LogP contribution in [0.3, 0.4) is 0 Å². The summed E-state index contributed by atoms with van der Waals surface area (Å²) in [4.78, 5) is 0. The topological polar surface area (TPSA) is 64.9 Å². The average Bonchev–Trinajstić information content (AvgIpc) is 3.08. The molecule has 3 rings (SSSR count). The van der Waals surface area contributed by atoms with Gasteiger partial charge in [-0.1, -0.05) is 42.3 Å². The fourth-order valence-corrected chi connectivity index (χ4v) is 3.46. The Kier molecular flexibility index (Phi) is 5.76. The lowest BCUT2D eigenvalue weighted by atomic mass is 10.0. The Morgan fingerprint density at radius 1 is 1.23 bits per heavy atom. The highest BCUT2D eigenvalue weighted by Crippen LogP contribution is 2.37. The predicted molar refractivity (Wildman–Crippen MR) is 102 cm³/mol. The number of benzene rings is 2. The van der Waals surface area contributed by atoms with Gasteiger partial charge in [0, 0.05) is 10.6 Å². The summed E-state index contributed by atoms with van der Waals surface area (Å²) in [6, 6.07) is 11.1. The van der Waals surface area contributed by atoms with E-state index in [0.717, 1.165) is 16.8 Å². The number of tetrazole rings is 1. The summed E-state index contributed by atoms with van der Waals surface area (Å²) in [5.41, 5.74) is 2.77. The smallest absolute Gasteiger partial charge is 0.178 e. The summed E-state index contributed by atoms with van der Waals surface area (Å²) in [6.45, 7) is 4.72. The average molecular weight is 392 g/mol. The molecule has 26 heavy (non-hydrogen) atoms. The van der Waals surface area contributed by atoms with E-state index in [9.17, 15) is 0 Å². The number of nitrogens with zero attached hydrogens (tertiary/aromatic N) is 4. The monoisotopic (exact) mass is 391 g/mol. The number of rotatable bonds is 6. The second-order valence-corrected chi connectivity index (χ2v) is 6.63. The largest absolute Gasteiger partial charge is 0.495 e. The van der Waals surface area contributed by atoms with Crippen LogP contribution in [0.5, 0.6) is 5.75 Å². The molecular weight excluding hydrogens is 373 g/mol. The van der Waals surface area contributed by atoms with Crippen LogP contribution in [0.15, 0.2) is 36.4 Å². The van der Waals surface area contributed by atoms with Crippen molar-refractivity contribution in [2.24, 2.45) is 0 Å². The third-order valence-corrected chi connectivity index (χ3v) is 4.46. The molecule has 1 heterocycles. The first kappa shape index (κ1) is 18.6. The molecule has 0 fully saturated rings. The van der Waals surface area contributed by atoms with Crippen molar-refractivity contribution >= 4 is 23.2 Å². The highest BCUT2D eigenvalue weighted by atomic mass is 35.5. The van der Waals surface area contributed by atoms with E-state index >= 15 is 0 Å². The molecular formula is C18H19Cl2N5O. The number of aromatic nitrogens is 4. The van der Waals surface area contributed by atoms with Crippen LogP contribution in [0.2, 0.25) is 10.0 Å². The predicted octanol–water partition coefficient (Wildman–Crippen LogP) is 3.99. The zero-order valence-electron chi connectivity index (χ0n) is 14.7. The summed E-state index contributed by atoms with van der Waals surface area (Å²) in [6.07, 6.45) is 0. The Hall–Kier alpha value is -2.15. The summed E-state index contributed by atoms with van der Waals surface area (Å²) in [5, 5.41) is 16.6. The van der Waals surface area contributed by atoms with Crippen molar-refractivity contribution in [1.29, 1.82) is 0 Å². The van der Waals surface area contributed by atoms with Gasteiger partial charge in [0.2, 0.25) is 0 Å². The number of aryl methyl sites for hydroxylation is 1. The molecule has 0 unspecified atom stereocenters. The van der Waals surface area contributed by atoms with Gasteiger partial charge in [-0.25, -0.2) is 0 Å². The number of halogens is 2. The Morgan fingerprint density at radius 2 is 2.04 bits per heavy atom. The van der Waals surface area contributed by atoms with Crippen molar-refractivity contribution in [3.05, 3.63) is 63.4 Å². The lowest BCUT2D eigenvalue weighted by Crippen LogP contribution is -2.26. The van der Waals surface area contributed by atoms with Gasteiger partial charge in [0.1, 0.15) is 5.75 Å². The maximum absolute atomic E-state index is 6.32. The van der Waals surface area contributed by atoms with Crippen molar-refractivity contribution in [2.45, 2.75) is 19.9 Å². The molecule has 6 nitrogen and oxygen atoms in total. The van der Waals surface area contributed by atoms with Crippen LogP contribution in [0.25, 0.3) is 5.69 Å². The SMILES string of the molecule is CCN[C@@H](c1cc(Cl)cc(Cl)c1OC)c1nnnn1-c1cccc(C)c1. The second kappa shape index (κ2) is 8.03. The minimum Gasteiger partial charge on any atom is -0.495 e. The Balaban J connectivity index is 2.16. The number of ether oxygens (including phenoxy) is 1. The molecule has 0 saturated heterocycles. The molecule has 0 aliphatic carbocycles. The molecule has 0 aliphatic rings. The maximum atomic E-state index is 6.32. The third-order valence-electron chi connectivity index (χ3n) is 3.96. The molecule has 1 atom stereocenters. The van der Waals surface area contributed by atoms with Gasteiger partial charge in [0.05, 0.1) is 23.9 Å². The van der Waals surface area contributed by atoms with Crippen LogP contribution >= 0.6 is 23.2 Å². The van der Waals surface area contributed by atoms with Crippen molar-refractivity contribution in [1.82, 2.24) is 25.5 Å². The van der Waals surface area contributed by atoms with Gasteiger partial charge in [-0.15, -0.1) is 5.10 Å². The molecule has 0 bridgehead atoms. The molecule has 136 valence electrons. The van der Waals surface area contributed by atoms with E-state index in [4.69, 9.17) is 27.9 Å². The normalized spacial score (nSPS) is 12.2. The summed E-state index contributed by atoms with van der Waals surface area (Å²) in [5.74, 6) is 1.16. The van der Waals surface area contributed by atoms with Gasteiger partial charge >= 0.3 is 0 Å². The number of nitrogens with one attached hydrogen (secondary N) is 1. The first-order valence-corrected chi connectivity index (χ1v) is 8.92. The van der Waals surface area contributed by atoms with E-state index in [1.165, 1.54) is 0 Å². The van der Waals surface area contributed by atoms with Crippen LogP contribution in [0, 0.1) is 6.92 Å². The van der Waals surface area contributed by atoms with Crippen LogP contribution in [0.1, 0.15) is 29.9 Å². The summed E-state index contributed by atoms with van der Waals surface area (Å²) < 4.78 is 7.22. The zero-order valence-corrected chi connectivity index (χ0v) is 16.2. The molecule has 2 aromatic carbocycles. The molecule has 3 aromatic rings. The lowest BCUT2D eigenvalue weighted by molar-refractivity contribution is 0.403. The van der Waals surface area contributed by atoms with Crippen LogP contribution in [-0.2, 0) is 0 Å². The molecule has 8 heteroatoms.